The lowest BCUT2D eigenvalue weighted by molar-refractivity contribution is -0.115. The van der Waals surface area contributed by atoms with Gasteiger partial charge in [-0.15, -0.1) is 0 Å². The van der Waals surface area contributed by atoms with E-state index in [9.17, 15) is 9.59 Å². The van der Waals surface area contributed by atoms with Crippen molar-refractivity contribution in [1.82, 2.24) is 10.2 Å². The van der Waals surface area contributed by atoms with Gasteiger partial charge in [-0.25, -0.2) is 4.79 Å². The molecular weight excluding hydrogens is 412 g/mol. The molecule has 2 N–H and O–H groups in total. The summed E-state index contributed by atoms with van der Waals surface area (Å²) in [6, 6.07) is 14.9. The van der Waals surface area contributed by atoms with Crippen molar-refractivity contribution in [3.05, 3.63) is 64.7 Å². The number of rotatable bonds is 2. The molecule has 0 aromatic heterocycles. The van der Waals surface area contributed by atoms with Crippen LogP contribution in [0.4, 0.5) is 10.5 Å². The molecular formula is C24H27ClN4O2. The van der Waals surface area contributed by atoms with E-state index in [1.165, 1.54) is 5.56 Å². The lowest BCUT2D eigenvalue weighted by atomic mass is 9.86. The van der Waals surface area contributed by atoms with E-state index < -0.39 is 5.66 Å². The third-order valence-electron chi connectivity index (χ3n) is 5.87. The second-order valence-corrected chi connectivity index (χ2v) is 9.64. The first-order chi connectivity index (χ1) is 14.7. The predicted octanol–water partition coefficient (Wildman–Crippen LogP) is 4.58. The van der Waals surface area contributed by atoms with Gasteiger partial charge in [0.25, 0.3) is 5.91 Å². The molecule has 0 saturated carbocycles. The SMILES string of the molecule is CC(C)(C)c1ccc(C2=NC3(CCN(C(=O)Nc4cccc(Cl)c4)CC3)NC2=O)cc1. The van der Waals surface area contributed by atoms with Crippen LogP contribution in [0.15, 0.2) is 53.5 Å². The molecule has 2 heterocycles. The number of amides is 3. The van der Waals surface area contributed by atoms with Gasteiger partial charge in [0.15, 0.2) is 0 Å². The van der Waals surface area contributed by atoms with Gasteiger partial charge in [0.1, 0.15) is 11.4 Å². The molecule has 4 rings (SSSR count). The number of likely N-dealkylation sites (tertiary alicyclic amines) is 1. The van der Waals surface area contributed by atoms with Crippen LogP contribution in [-0.4, -0.2) is 41.3 Å². The molecule has 2 aliphatic heterocycles. The van der Waals surface area contributed by atoms with E-state index in [0.717, 1.165) is 5.56 Å². The van der Waals surface area contributed by atoms with Gasteiger partial charge < -0.3 is 15.5 Å². The van der Waals surface area contributed by atoms with Crippen LogP contribution in [0.5, 0.6) is 0 Å². The number of hydrogen-bond donors (Lipinski definition) is 2. The van der Waals surface area contributed by atoms with Crippen molar-refractivity contribution in [2.75, 3.05) is 18.4 Å². The maximum Gasteiger partial charge on any atom is 0.321 e. The first-order valence-corrected chi connectivity index (χ1v) is 10.9. The van der Waals surface area contributed by atoms with E-state index in [0.29, 0.717) is 42.4 Å². The largest absolute Gasteiger partial charge is 0.326 e. The summed E-state index contributed by atoms with van der Waals surface area (Å²) in [6.07, 6.45) is 1.15. The Kier molecular flexibility index (Phi) is 5.52. The first-order valence-electron chi connectivity index (χ1n) is 10.5. The Bertz CT molecular complexity index is 1030. The van der Waals surface area contributed by atoms with Crippen molar-refractivity contribution in [1.29, 1.82) is 0 Å². The second kappa shape index (κ2) is 8.00. The number of nitrogens with zero attached hydrogens (tertiary/aromatic N) is 2. The molecule has 6 nitrogen and oxygen atoms in total. The summed E-state index contributed by atoms with van der Waals surface area (Å²) in [5.74, 6) is -0.152. The van der Waals surface area contributed by atoms with E-state index in [-0.39, 0.29) is 17.4 Å². The van der Waals surface area contributed by atoms with Crippen LogP contribution >= 0.6 is 11.6 Å². The van der Waals surface area contributed by atoms with Crippen molar-refractivity contribution < 1.29 is 9.59 Å². The minimum Gasteiger partial charge on any atom is -0.326 e. The lowest BCUT2D eigenvalue weighted by Gasteiger charge is -2.37. The monoisotopic (exact) mass is 438 g/mol. The van der Waals surface area contributed by atoms with Gasteiger partial charge in [-0.1, -0.05) is 62.7 Å². The van der Waals surface area contributed by atoms with Gasteiger partial charge >= 0.3 is 6.03 Å². The van der Waals surface area contributed by atoms with Gasteiger partial charge in [0, 0.05) is 42.2 Å². The van der Waals surface area contributed by atoms with Crippen molar-refractivity contribution in [2.24, 2.45) is 4.99 Å². The van der Waals surface area contributed by atoms with Crippen molar-refractivity contribution in [3.63, 3.8) is 0 Å². The predicted molar refractivity (Wildman–Crippen MR) is 124 cm³/mol. The standard InChI is InChI=1S/C24H27ClN4O2/c1-23(2,3)17-9-7-16(8-10-17)20-21(30)28-24(27-20)11-13-29(14-12-24)22(31)26-19-6-4-5-18(25)15-19/h4-10,15H,11-14H2,1-3H3,(H,26,31)(H,28,30). The molecule has 2 aliphatic rings. The number of aliphatic imine (C=N–C) groups is 1. The minimum absolute atomic E-state index is 0.0536. The smallest absolute Gasteiger partial charge is 0.321 e. The fraction of sp³-hybridized carbons (Fsp3) is 0.375. The van der Waals surface area contributed by atoms with E-state index in [1.807, 2.05) is 12.1 Å². The topological polar surface area (TPSA) is 73.8 Å². The number of benzene rings is 2. The van der Waals surface area contributed by atoms with E-state index in [4.69, 9.17) is 16.6 Å². The number of halogens is 1. The number of nitrogens with one attached hydrogen (secondary N) is 2. The molecule has 7 heteroatoms. The maximum atomic E-state index is 12.7. The zero-order chi connectivity index (χ0) is 22.2. The Labute approximate surface area is 187 Å². The molecule has 31 heavy (non-hydrogen) atoms. The van der Waals surface area contributed by atoms with Crippen LogP contribution in [0.25, 0.3) is 0 Å². The minimum atomic E-state index is -0.637. The number of piperidine rings is 1. The zero-order valence-corrected chi connectivity index (χ0v) is 18.8. The maximum absolute atomic E-state index is 12.7. The van der Waals surface area contributed by atoms with Crippen LogP contribution in [0, 0.1) is 0 Å². The van der Waals surface area contributed by atoms with E-state index in [1.54, 1.807) is 29.2 Å². The molecule has 1 fully saturated rings. The average Bonchev–Trinajstić information content (AvgIpc) is 3.03. The van der Waals surface area contributed by atoms with Crippen LogP contribution in [0.1, 0.15) is 44.7 Å². The summed E-state index contributed by atoms with van der Waals surface area (Å²) in [5.41, 5.74) is 2.58. The Morgan fingerprint density at radius 2 is 1.81 bits per heavy atom. The molecule has 3 amide bonds. The molecule has 1 saturated heterocycles. The molecule has 0 atom stereocenters. The van der Waals surface area contributed by atoms with Crippen molar-refractivity contribution >= 4 is 34.9 Å². The highest BCUT2D eigenvalue weighted by Crippen LogP contribution is 2.30. The number of carbonyl (C=O) groups is 2. The first kappa shape index (κ1) is 21.4. The van der Waals surface area contributed by atoms with Gasteiger partial charge in [0.2, 0.25) is 0 Å². The zero-order valence-electron chi connectivity index (χ0n) is 18.0. The summed E-state index contributed by atoms with van der Waals surface area (Å²) in [6.45, 7) is 7.49. The van der Waals surface area contributed by atoms with Gasteiger partial charge in [-0.3, -0.25) is 9.79 Å². The Balaban J connectivity index is 1.43. The number of urea groups is 1. The van der Waals surface area contributed by atoms with Crippen LogP contribution in [0.3, 0.4) is 0 Å². The molecule has 0 unspecified atom stereocenters. The van der Waals surface area contributed by atoms with Crippen LogP contribution in [0.2, 0.25) is 5.02 Å². The normalized spacial score (nSPS) is 18.0. The third-order valence-corrected chi connectivity index (χ3v) is 6.10. The molecule has 0 aliphatic carbocycles. The van der Waals surface area contributed by atoms with Gasteiger partial charge in [-0.05, 0) is 29.2 Å². The van der Waals surface area contributed by atoms with Crippen LogP contribution in [-0.2, 0) is 10.2 Å². The Morgan fingerprint density at radius 3 is 2.42 bits per heavy atom. The summed E-state index contributed by atoms with van der Waals surface area (Å²) in [5, 5.41) is 6.50. The van der Waals surface area contributed by atoms with Crippen molar-refractivity contribution in [2.45, 2.75) is 44.7 Å². The number of anilines is 1. The summed E-state index contributed by atoms with van der Waals surface area (Å²) in [7, 11) is 0. The van der Waals surface area contributed by atoms with Gasteiger partial charge in [0.05, 0.1) is 0 Å². The van der Waals surface area contributed by atoms with E-state index in [2.05, 4.69) is 43.5 Å². The second-order valence-electron chi connectivity index (χ2n) is 9.20. The number of carbonyl (C=O) groups excluding carboxylic acids is 2. The summed E-state index contributed by atoms with van der Waals surface area (Å²) >= 11 is 5.98. The highest BCUT2D eigenvalue weighted by Gasteiger charge is 2.42. The van der Waals surface area contributed by atoms with Gasteiger partial charge in [-0.2, -0.15) is 0 Å². The molecule has 0 radical (unpaired) electrons. The number of hydrogen-bond acceptors (Lipinski definition) is 3. The average molecular weight is 439 g/mol. The molecule has 2 aromatic carbocycles. The Hall–Kier alpha value is -2.86. The Morgan fingerprint density at radius 1 is 1.13 bits per heavy atom. The molecule has 162 valence electrons. The fourth-order valence-corrected chi connectivity index (χ4v) is 4.16. The molecule has 2 aromatic rings. The van der Waals surface area contributed by atoms with Crippen molar-refractivity contribution in [3.8, 4) is 0 Å². The highest BCUT2D eigenvalue weighted by atomic mass is 35.5. The molecule has 1 spiro atoms. The summed E-state index contributed by atoms with van der Waals surface area (Å²) in [4.78, 5) is 31.8. The third kappa shape index (κ3) is 4.59. The summed E-state index contributed by atoms with van der Waals surface area (Å²) < 4.78 is 0. The van der Waals surface area contributed by atoms with Crippen LogP contribution < -0.4 is 10.6 Å². The quantitative estimate of drug-likeness (QED) is 0.720. The highest BCUT2D eigenvalue weighted by molar-refractivity contribution is 6.46. The van der Waals surface area contributed by atoms with E-state index >= 15 is 0 Å². The lowest BCUT2D eigenvalue weighted by Crippen LogP contribution is -2.53. The molecule has 0 bridgehead atoms. The fourth-order valence-electron chi connectivity index (χ4n) is 3.97.